The molecule has 3 N–H and O–H groups in total. The van der Waals surface area contributed by atoms with Crippen molar-refractivity contribution in [2.75, 3.05) is 19.4 Å². The van der Waals surface area contributed by atoms with Crippen LogP contribution in [0.5, 0.6) is 17.2 Å². The molecule has 2 atom stereocenters. The third-order valence-electron chi connectivity index (χ3n) is 3.48. The molecule has 26 heavy (non-hydrogen) atoms. The Morgan fingerprint density at radius 2 is 1.62 bits per heavy atom. The maximum atomic E-state index is 11.4. The van der Waals surface area contributed by atoms with Gasteiger partial charge in [0.15, 0.2) is 9.84 Å². The molecule has 142 valence electrons. The van der Waals surface area contributed by atoms with Crippen molar-refractivity contribution >= 4 is 9.84 Å². The monoisotopic (exact) mass is 381 g/mol. The second-order valence-corrected chi connectivity index (χ2v) is 7.89. The Labute approximate surface area is 153 Å². The molecule has 2 aromatic carbocycles. The number of rotatable bonds is 9. The number of hydrogen-bond acceptors (Lipinski definition) is 7. The number of hydrogen-bond donors (Lipinski definition) is 3. The molecule has 0 aliphatic heterocycles. The average Bonchev–Trinajstić information content (AvgIpc) is 2.60. The molecule has 0 heterocycles. The van der Waals surface area contributed by atoms with Crippen LogP contribution in [0, 0.1) is 0 Å². The number of benzene rings is 2. The largest absolute Gasteiger partial charge is 0.508 e. The maximum Gasteiger partial charge on any atom is 0.175 e. The molecule has 0 aromatic heterocycles. The minimum absolute atomic E-state index is 0.0527. The molecular formula is C18H23NO6S. The number of phenols is 1. The van der Waals surface area contributed by atoms with Gasteiger partial charge in [-0.2, -0.15) is 0 Å². The van der Waals surface area contributed by atoms with E-state index in [9.17, 15) is 18.6 Å². The van der Waals surface area contributed by atoms with Crippen LogP contribution in [0.4, 0.5) is 0 Å². The van der Waals surface area contributed by atoms with Crippen molar-refractivity contribution in [3.63, 3.8) is 0 Å². The predicted molar refractivity (Wildman–Crippen MR) is 97.3 cm³/mol. The molecule has 0 aliphatic carbocycles. The van der Waals surface area contributed by atoms with Crippen molar-refractivity contribution < 1.29 is 28.1 Å². The summed E-state index contributed by atoms with van der Waals surface area (Å²) in [6, 6.07) is 12.4. The smallest absolute Gasteiger partial charge is 0.175 e. The Hall–Kier alpha value is -2.29. The fraction of sp³-hybridized carbons (Fsp3) is 0.333. The van der Waals surface area contributed by atoms with Gasteiger partial charge in [0.05, 0.1) is 4.90 Å². The van der Waals surface area contributed by atoms with Gasteiger partial charge in [0.1, 0.15) is 36.2 Å². The topological polar surface area (TPSA) is 105 Å². The normalized spacial score (nSPS) is 13.8. The minimum Gasteiger partial charge on any atom is -0.508 e. The van der Waals surface area contributed by atoms with Crippen LogP contribution in [0.25, 0.3) is 0 Å². The van der Waals surface area contributed by atoms with Gasteiger partial charge in [0.25, 0.3) is 0 Å². The lowest BCUT2D eigenvalue weighted by molar-refractivity contribution is 0.0867. The SMILES string of the molecule is CC(NCC(O)COc1ccc(S(C)(=O)=O)cc1)Oc1ccc(O)cc1. The van der Waals surface area contributed by atoms with Crippen LogP contribution >= 0.6 is 0 Å². The van der Waals surface area contributed by atoms with E-state index in [0.717, 1.165) is 6.26 Å². The standard InChI is InChI=1S/C18H23NO6S/c1-13(25-17-5-3-14(20)4-6-17)19-11-15(21)12-24-16-7-9-18(10-8-16)26(2,22)23/h3-10,13,15,19-21H,11-12H2,1-2H3. The summed E-state index contributed by atoms with van der Waals surface area (Å²) in [6.07, 6.45) is 0.0263. The molecule has 0 saturated carbocycles. The van der Waals surface area contributed by atoms with Crippen LogP contribution in [0.3, 0.4) is 0 Å². The summed E-state index contributed by atoms with van der Waals surface area (Å²) in [7, 11) is -3.24. The highest BCUT2D eigenvalue weighted by Crippen LogP contribution is 2.17. The highest BCUT2D eigenvalue weighted by Gasteiger charge is 2.10. The molecule has 0 aliphatic rings. The summed E-state index contributed by atoms with van der Waals surface area (Å²) in [6.45, 7) is 2.10. The van der Waals surface area contributed by atoms with Crippen LogP contribution in [-0.2, 0) is 9.84 Å². The first-order chi connectivity index (χ1) is 12.2. The Morgan fingerprint density at radius 1 is 1.04 bits per heavy atom. The molecule has 2 unspecified atom stereocenters. The molecule has 0 radical (unpaired) electrons. The van der Waals surface area contributed by atoms with Crippen LogP contribution in [-0.4, -0.2) is 50.4 Å². The van der Waals surface area contributed by atoms with Crippen molar-refractivity contribution in [2.24, 2.45) is 0 Å². The van der Waals surface area contributed by atoms with Crippen molar-refractivity contribution in [2.45, 2.75) is 24.2 Å². The molecule has 0 bridgehead atoms. The van der Waals surface area contributed by atoms with E-state index in [-0.39, 0.29) is 30.0 Å². The highest BCUT2D eigenvalue weighted by molar-refractivity contribution is 7.90. The van der Waals surface area contributed by atoms with Gasteiger partial charge in [-0.3, -0.25) is 5.32 Å². The van der Waals surface area contributed by atoms with Gasteiger partial charge in [0.2, 0.25) is 0 Å². The van der Waals surface area contributed by atoms with E-state index in [1.165, 1.54) is 24.3 Å². The van der Waals surface area contributed by atoms with E-state index in [1.54, 1.807) is 31.2 Å². The third-order valence-corrected chi connectivity index (χ3v) is 4.61. The Bertz CT molecular complexity index is 789. The zero-order valence-corrected chi connectivity index (χ0v) is 15.4. The first-order valence-electron chi connectivity index (χ1n) is 8.04. The average molecular weight is 381 g/mol. The molecule has 2 aromatic rings. The van der Waals surface area contributed by atoms with Crippen LogP contribution in [0.1, 0.15) is 6.92 Å². The van der Waals surface area contributed by atoms with E-state index < -0.39 is 15.9 Å². The molecule has 0 fully saturated rings. The summed E-state index contributed by atoms with van der Waals surface area (Å²) in [5, 5.41) is 22.2. The van der Waals surface area contributed by atoms with Gasteiger partial charge in [0, 0.05) is 12.8 Å². The van der Waals surface area contributed by atoms with Crippen LogP contribution in [0.15, 0.2) is 53.4 Å². The lowest BCUT2D eigenvalue weighted by Crippen LogP contribution is -2.39. The lowest BCUT2D eigenvalue weighted by Gasteiger charge is -2.19. The fourth-order valence-corrected chi connectivity index (χ4v) is 2.74. The van der Waals surface area contributed by atoms with E-state index in [1.807, 2.05) is 0 Å². The Kier molecular flexibility index (Phi) is 6.84. The second kappa shape index (κ2) is 8.88. The summed E-state index contributed by atoms with van der Waals surface area (Å²) >= 11 is 0. The van der Waals surface area contributed by atoms with Crippen LogP contribution in [0.2, 0.25) is 0 Å². The molecule has 7 nitrogen and oxygen atoms in total. The number of aliphatic hydroxyl groups excluding tert-OH is 1. The van der Waals surface area contributed by atoms with E-state index in [2.05, 4.69) is 5.32 Å². The Morgan fingerprint density at radius 3 is 2.19 bits per heavy atom. The van der Waals surface area contributed by atoms with E-state index in [0.29, 0.717) is 11.5 Å². The number of aliphatic hydroxyl groups is 1. The van der Waals surface area contributed by atoms with Crippen molar-refractivity contribution in [3.8, 4) is 17.2 Å². The van der Waals surface area contributed by atoms with Gasteiger partial charge in [-0.05, 0) is 55.5 Å². The summed E-state index contributed by atoms with van der Waals surface area (Å²) in [4.78, 5) is 0.215. The quantitative estimate of drug-likeness (QED) is 0.566. The molecule has 8 heteroatoms. The summed E-state index contributed by atoms with van der Waals surface area (Å²) < 4.78 is 33.8. The third kappa shape index (κ3) is 6.55. The van der Waals surface area contributed by atoms with Crippen molar-refractivity contribution in [1.29, 1.82) is 0 Å². The van der Waals surface area contributed by atoms with Crippen LogP contribution < -0.4 is 14.8 Å². The van der Waals surface area contributed by atoms with E-state index >= 15 is 0 Å². The zero-order valence-electron chi connectivity index (χ0n) is 14.6. The van der Waals surface area contributed by atoms with Gasteiger partial charge in [-0.25, -0.2) is 8.42 Å². The number of nitrogens with one attached hydrogen (secondary N) is 1. The number of aromatic hydroxyl groups is 1. The van der Waals surface area contributed by atoms with E-state index in [4.69, 9.17) is 9.47 Å². The van der Waals surface area contributed by atoms with Gasteiger partial charge < -0.3 is 19.7 Å². The van der Waals surface area contributed by atoms with Gasteiger partial charge in [-0.15, -0.1) is 0 Å². The first kappa shape index (κ1) is 20.0. The Balaban J connectivity index is 1.72. The molecule has 0 saturated heterocycles. The number of phenolic OH excluding ortho intramolecular Hbond substituents is 1. The molecule has 0 spiro atoms. The van der Waals surface area contributed by atoms with Gasteiger partial charge in [-0.1, -0.05) is 0 Å². The van der Waals surface area contributed by atoms with Crippen molar-refractivity contribution in [1.82, 2.24) is 5.32 Å². The number of ether oxygens (including phenoxy) is 2. The molecular weight excluding hydrogens is 358 g/mol. The number of sulfone groups is 1. The summed E-state index contributed by atoms with van der Waals surface area (Å²) in [5.74, 6) is 1.24. The molecule has 0 amide bonds. The zero-order chi connectivity index (χ0) is 19.2. The predicted octanol–water partition coefficient (Wildman–Crippen LogP) is 1.55. The van der Waals surface area contributed by atoms with Gasteiger partial charge >= 0.3 is 0 Å². The molecule has 2 rings (SSSR count). The summed E-state index contributed by atoms with van der Waals surface area (Å²) in [5.41, 5.74) is 0. The highest BCUT2D eigenvalue weighted by atomic mass is 32.2. The minimum atomic E-state index is -3.24. The second-order valence-electron chi connectivity index (χ2n) is 5.87. The fourth-order valence-electron chi connectivity index (χ4n) is 2.11. The lowest BCUT2D eigenvalue weighted by atomic mass is 10.3. The van der Waals surface area contributed by atoms with Crippen molar-refractivity contribution in [3.05, 3.63) is 48.5 Å². The maximum absolute atomic E-state index is 11.4. The first-order valence-corrected chi connectivity index (χ1v) is 9.93.